The van der Waals surface area contributed by atoms with Gasteiger partial charge in [0.05, 0.1) is 19.3 Å². The van der Waals surface area contributed by atoms with Crippen LogP contribution in [0.1, 0.15) is 11.1 Å². The van der Waals surface area contributed by atoms with Crippen LogP contribution >= 0.6 is 11.6 Å². The number of ether oxygens (including phenoxy) is 1. The van der Waals surface area contributed by atoms with Crippen LogP contribution in [0.25, 0.3) is 0 Å². The lowest BCUT2D eigenvalue weighted by atomic mass is 10.1. The van der Waals surface area contributed by atoms with Crippen LogP contribution < -0.4 is 0 Å². The predicted molar refractivity (Wildman–Crippen MR) is 68.3 cm³/mol. The van der Waals surface area contributed by atoms with E-state index in [1.807, 2.05) is 13.0 Å². The Morgan fingerprint density at radius 1 is 1.53 bits per heavy atom. The van der Waals surface area contributed by atoms with Crippen LogP contribution in [0.4, 0.5) is 0 Å². The van der Waals surface area contributed by atoms with E-state index >= 15 is 0 Å². The van der Waals surface area contributed by atoms with Gasteiger partial charge in [-0.1, -0.05) is 23.7 Å². The molecular weight excluding hydrogens is 238 g/mol. The zero-order chi connectivity index (χ0) is 12.3. The monoisotopic (exact) mass is 255 g/mol. The van der Waals surface area contributed by atoms with Crippen molar-refractivity contribution in [1.82, 2.24) is 4.90 Å². The SMILES string of the molecule is Cc1ccc(CN2CCOC(CO)C2)c(Cl)c1. The molecule has 0 aromatic heterocycles. The quantitative estimate of drug-likeness (QED) is 0.895. The van der Waals surface area contributed by atoms with E-state index in [0.29, 0.717) is 6.61 Å². The predicted octanol–water partition coefficient (Wildman–Crippen LogP) is 1.84. The second-order valence-corrected chi connectivity index (χ2v) is 4.91. The van der Waals surface area contributed by atoms with Crippen molar-refractivity contribution in [2.24, 2.45) is 0 Å². The number of benzene rings is 1. The van der Waals surface area contributed by atoms with E-state index in [0.717, 1.165) is 30.2 Å². The van der Waals surface area contributed by atoms with Crippen LogP contribution in [-0.4, -0.2) is 42.4 Å². The van der Waals surface area contributed by atoms with Gasteiger partial charge in [-0.3, -0.25) is 4.90 Å². The Kier molecular flexibility index (Phi) is 4.40. The molecule has 0 bridgehead atoms. The van der Waals surface area contributed by atoms with E-state index in [9.17, 15) is 0 Å². The average molecular weight is 256 g/mol. The van der Waals surface area contributed by atoms with Crippen LogP contribution in [0.5, 0.6) is 0 Å². The fourth-order valence-corrected chi connectivity index (χ4v) is 2.35. The fraction of sp³-hybridized carbons (Fsp3) is 0.538. The molecule has 1 fully saturated rings. The molecule has 1 heterocycles. The molecule has 1 unspecified atom stereocenters. The number of aryl methyl sites for hydroxylation is 1. The number of aliphatic hydroxyl groups excluding tert-OH is 1. The maximum atomic E-state index is 9.09. The van der Waals surface area contributed by atoms with E-state index in [1.54, 1.807) is 0 Å². The number of rotatable bonds is 3. The third-order valence-electron chi connectivity index (χ3n) is 3.03. The van der Waals surface area contributed by atoms with Crippen LogP contribution in [0.2, 0.25) is 5.02 Å². The zero-order valence-electron chi connectivity index (χ0n) is 10.0. The molecule has 1 N–H and O–H groups in total. The topological polar surface area (TPSA) is 32.7 Å². The normalized spacial score (nSPS) is 21.7. The number of halogens is 1. The van der Waals surface area contributed by atoms with Gasteiger partial charge >= 0.3 is 0 Å². The first-order valence-corrected chi connectivity index (χ1v) is 6.26. The molecule has 1 saturated heterocycles. The van der Waals surface area contributed by atoms with E-state index in [1.165, 1.54) is 5.56 Å². The molecule has 0 saturated carbocycles. The van der Waals surface area contributed by atoms with Crippen LogP contribution in [0, 0.1) is 6.92 Å². The minimum absolute atomic E-state index is 0.0621. The second kappa shape index (κ2) is 5.83. The van der Waals surface area contributed by atoms with Gasteiger partial charge in [-0.05, 0) is 24.1 Å². The summed E-state index contributed by atoms with van der Waals surface area (Å²) in [7, 11) is 0. The van der Waals surface area contributed by atoms with E-state index in [-0.39, 0.29) is 12.7 Å². The highest BCUT2D eigenvalue weighted by molar-refractivity contribution is 6.31. The lowest BCUT2D eigenvalue weighted by Crippen LogP contribution is -2.43. The zero-order valence-corrected chi connectivity index (χ0v) is 10.8. The lowest BCUT2D eigenvalue weighted by Gasteiger charge is -2.32. The van der Waals surface area contributed by atoms with E-state index in [4.69, 9.17) is 21.4 Å². The van der Waals surface area contributed by atoms with Crippen molar-refractivity contribution in [2.75, 3.05) is 26.3 Å². The molecule has 0 radical (unpaired) electrons. The molecule has 1 atom stereocenters. The highest BCUT2D eigenvalue weighted by Gasteiger charge is 2.20. The lowest BCUT2D eigenvalue weighted by molar-refractivity contribution is -0.0550. The van der Waals surface area contributed by atoms with Crippen molar-refractivity contribution < 1.29 is 9.84 Å². The minimum Gasteiger partial charge on any atom is -0.394 e. The molecule has 1 aromatic rings. The summed E-state index contributed by atoms with van der Waals surface area (Å²) in [5.74, 6) is 0. The summed E-state index contributed by atoms with van der Waals surface area (Å²) >= 11 is 6.21. The van der Waals surface area contributed by atoms with Crippen molar-refractivity contribution in [3.8, 4) is 0 Å². The van der Waals surface area contributed by atoms with Gasteiger partial charge in [0.1, 0.15) is 0 Å². The Hall–Kier alpha value is -0.610. The van der Waals surface area contributed by atoms with Crippen molar-refractivity contribution >= 4 is 11.6 Å². The third-order valence-corrected chi connectivity index (χ3v) is 3.38. The summed E-state index contributed by atoms with van der Waals surface area (Å²) in [5.41, 5.74) is 2.31. The van der Waals surface area contributed by atoms with Crippen molar-refractivity contribution in [3.63, 3.8) is 0 Å². The van der Waals surface area contributed by atoms with E-state index < -0.39 is 0 Å². The molecule has 94 valence electrons. The van der Waals surface area contributed by atoms with Crippen LogP contribution in [-0.2, 0) is 11.3 Å². The van der Waals surface area contributed by atoms with Gasteiger partial charge in [-0.15, -0.1) is 0 Å². The Labute approximate surface area is 107 Å². The number of hydrogen-bond donors (Lipinski definition) is 1. The molecule has 0 amide bonds. The molecule has 1 aliphatic rings. The van der Waals surface area contributed by atoms with E-state index in [2.05, 4.69) is 17.0 Å². The summed E-state index contributed by atoms with van der Waals surface area (Å²) in [6.45, 7) is 5.26. The number of hydrogen-bond acceptors (Lipinski definition) is 3. The molecule has 2 rings (SSSR count). The maximum Gasteiger partial charge on any atom is 0.0933 e. The molecule has 0 aliphatic carbocycles. The van der Waals surface area contributed by atoms with Gasteiger partial charge in [0, 0.05) is 24.7 Å². The summed E-state index contributed by atoms with van der Waals surface area (Å²) in [6.07, 6.45) is -0.0621. The Balaban J connectivity index is 2.00. The molecule has 17 heavy (non-hydrogen) atoms. The van der Waals surface area contributed by atoms with Gasteiger partial charge in [-0.25, -0.2) is 0 Å². The second-order valence-electron chi connectivity index (χ2n) is 4.51. The van der Waals surface area contributed by atoms with Gasteiger partial charge in [-0.2, -0.15) is 0 Å². The summed E-state index contributed by atoms with van der Waals surface area (Å²) < 4.78 is 5.42. The Morgan fingerprint density at radius 2 is 2.35 bits per heavy atom. The molecular formula is C13H18ClNO2. The Morgan fingerprint density at radius 3 is 3.06 bits per heavy atom. The largest absolute Gasteiger partial charge is 0.394 e. The van der Waals surface area contributed by atoms with Gasteiger partial charge in [0.25, 0.3) is 0 Å². The molecule has 0 spiro atoms. The van der Waals surface area contributed by atoms with Crippen molar-refractivity contribution in [2.45, 2.75) is 19.6 Å². The Bertz CT molecular complexity index is 384. The number of aliphatic hydroxyl groups is 1. The first-order valence-electron chi connectivity index (χ1n) is 5.89. The summed E-state index contributed by atoms with van der Waals surface area (Å²) in [6, 6.07) is 6.13. The van der Waals surface area contributed by atoms with Crippen LogP contribution in [0.3, 0.4) is 0 Å². The number of nitrogens with zero attached hydrogens (tertiary/aromatic N) is 1. The van der Waals surface area contributed by atoms with Gasteiger partial charge < -0.3 is 9.84 Å². The van der Waals surface area contributed by atoms with Gasteiger partial charge in [0.2, 0.25) is 0 Å². The fourth-order valence-electron chi connectivity index (χ4n) is 2.06. The van der Waals surface area contributed by atoms with Crippen molar-refractivity contribution in [1.29, 1.82) is 0 Å². The summed E-state index contributed by atoms with van der Waals surface area (Å²) in [5, 5.41) is 9.90. The van der Waals surface area contributed by atoms with Crippen molar-refractivity contribution in [3.05, 3.63) is 34.3 Å². The smallest absolute Gasteiger partial charge is 0.0933 e. The van der Waals surface area contributed by atoms with Crippen LogP contribution in [0.15, 0.2) is 18.2 Å². The minimum atomic E-state index is -0.0621. The standard InChI is InChI=1S/C13H18ClNO2/c1-10-2-3-11(13(14)6-10)7-15-4-5-17-12(8-15)9-16/h2-3,6,12,16H,4-5,7-9H2,1H3. The first-order chi connectivity index (χ1) is 8.19. The first kappa shape index (κ1) is 12.8. The average Bonchev–Trinajstić information content (AvgIpc) is 2.33. The number of morpholine rings is 1. The molecule has 3 nitrogen and oxygen atoms in total. The van der Waals surface area contributed by atoms with Gasteiger partial charge in [0.15, 0.2) is 0 Å². The third kappa shape index (κ3) is 3.42. The summed E-state index contributed by atoms with van der Waals surface area (Å²) in [4.78, 5) is 2.26. The molecule has 4 heteroatoms. The maximum absolute atomic E-state index is 9.09. The molecule has 1 aliphatic heterocycles. The highest BCUT2D eigenvalue weighted by Crippen LogP contribution is 2.20. The molecule has 1 aromatic carbocycles. The highest BCUT2D eigenvalue weighted by atomic mass is 35.5.